The van der Waals surface area contributed by atoms with Crippen molar-refractivity contribution in [2.75, 3.05) is 13.2 Å². The van der Waals surface area contributed by atoms with E-state index in [-0.39, 0.29) is 31.1 Å². The van der Waals surface area contributed by atoms with Gasteiger partial charge in [-0.25, -0.2) is 0 Å². The number of carbonyl (C=O) groups is 3. The molecule has 0 aromatic rings. The van der Waals surface area contributed by atoms with Crippen LogP contribution in [0.1, 0.15) is 355 Å². The van der Waals surface area contributed by atoms with Gasteiger partial charge in [0, 0.05) is 19.3 Å². The van der Waals surface area contributed by atoms with Gasteiger partial charge < -0.3 is 14.2 Å². The van der Waals surface area contributed by atoms with Crippen molar-refractivity contribution in [1.29, 1.82) is 0 Å². The summed E-state index contributed by atoms with van der Waals surface area (Å²) in [6.45, 7) is 6.53. The van der Waals surface area contributed by atoms with Crippen molar-refractivity contribution in [3.63, 3.8) is 0 Å². The maximum absolute atomic E-state index is 13.0. The Bertz CT molecular complexity index is 1610. The standard InChI is InChI=1S/C77H134O6/c1-4-7-10-13-16-19-22-25-28-31-33-35-36-37-38-39-40-42-43-46-49-52-55-58-61-64-67-70-76(79)82-73-74(72-81-75(78)69-66-63-60-57-54-51-48-45-30-27-24-21-18-15-12-9-6-3)83-77(80)71-68-65-62-59-56-53-50-47-44-41-34-32-29-26-23-20-17-14-11-8-5-2/h9,12,18,21,23,26-27,30-34,44,47-48,51,74H,4-8,10-11,13-17,19-20,22,24-25,28-29,35-43,45-46,49-50,52-73H2,1-3H3/b12-9-,21-18-,26-23-,30-27-,33-31-,34-32-,47-44-,51-48-. The molecule has 0 N–H and O–H groups in total. The largest absolute Gasteiger partial charge is 0.462 e. The second-order valence-corrected chi connectivity index (χ2v) is 23.8. The molecule has 1 unspecified atom stereocenters. The molecule has 0 aromatic carbocycles. The first-order chi connectivity index (χ1) is 41.0. The lowest BCUT2D eigenvalue weighted by atomic mass is 10.0. The maximum atomic E-state index is 13.0. The number of hydrogen-bond donors (Lipinski definition) is 0. The summed E-state index contributed by atoms with van der Waals surface area (Å²) in [6.07, 6.45) is 95.8. The number of esters is 3. The lowest BCUT2D eigenvalue weighted by Crippen LogP contribution is -2.30. The number of carbonyl (C=O) groups excluding carboxylic acids is 3. The van der Waals surface area contributed by atoms with Crippen LogP contribution in [0.2, 0.25) is 0 Å². The fourth-order valence-electron chi connectivity index (χ4n) is 10.2. The average Bonchev–Trinajstić information content (AvgIpc) is 3.50. The zero-order chi connectivity index (χ0) is 59.9. The molecule has 0 aliphatic rings. The van der Waals surface area contributed by atoms with Crippen molar-refractivity contribution in [3.8, 4) is 0 Å². The molecule has 0 radical (unpaired) electrons. The molecule has 83 heavy (non-hydrogen) atoms. The van der Waals surface area contributed by atoms with E-state index in [4.69, 9.17) is 14.2 Å². The van der Waals surface area contributed by atoms with Crippen molar-refractivity contribution in [2.24, 2.45) is 0 Å². The summed E-state index contributed by atoms with van der Waals surface area (Å²) in [7, 11) is 0. The maximum Gasteiger partial charge on any atom is 0.306 e. The predicted octanol–water partition coefficient (Wildman–Crippen LogP) is 24.8. The summed E-state index contributed by atoms with van der Waals surface area (Å²) in [5, 5.41) is 0. The van der Waals surface area contributed by atoms with Crippen LogP contribution in [-0.2, 0) is 28.6 Å². The van der Waals surface area contributed by atoms with Gasteiger partial charge in [-0.1, -0.05) is 311 Å². The predicted molar refractivity (Wildman–Crippen MR) is 362 cm³/mol. The Morgan fingerprint density at radius 1 is 0.253 bits per heavy atom. The SMILES string of the molecule is CC/C=C\C/C=C\C/C=C\C/C=C\CCCCCCC(=O)OCC(COC(=O)CCCCCCCCCCCCCCCCC/C=C\CCCCCCCCCC)OC(=O)CCCCCCCC/C=C\C/C=C\C/C=C\CCCCCCC. The van der Waals surface area contributed by atoms with Crippen LogP contribution in [0.3, 0.4) is 0 Å². The normalized spacial score (nSPS) is 12.7. The Morgan fingerprint density at radius 2 is 0.470 bits per heavy atom. The molecule has 1 atom stereocenters. The number of rotatable bonds is 65. The van der Waals surface area contributed by atoms with Gasteiger partial charge >= 0.3 is 17.9 Å². The van der Waals surface area contributed by atoms with Gasteiger partial charge in [-0.15, -0.1) is 0 Å². The van der Waals surface area contributed by atoms with Gasteiger partial charge in [-0.2, -0.15) is 0 Å². The van der Waals surface area contributed by atoms with Crippen molar-refractivity contribution in [3.05, 3.63) is 97.2 Å². The van der Waals surface area contributed by atoms with Gasteiger partial charge in [0.1, 0.15) is 13.2 Å². The summed E-state index contributed by atoms with van der Waals surface area (Å²) >= 11 is 0. The van der Waals surface area contributed by atoms with Crippen LogP contribution in [0.4, 0.5) is 0 Å². The molecule has 0 spiro atoms. The molecule has 0 aliphatic heterocycles. The number of allylic oxidation sites excluding steroid dienone is 16. The summed E-state index contributed by atoms with van der Waals surface area (Å²) in [5.41, 5.74) is 0. The summed E-state index contributed by atoms with van der Waals surface area (Å²) < 4.78 is 17.0. The lowest BCUT2D eigenvalue weighted by molar-refractivity contribution is -0.167. The quantitative estimate of drug-likeness (QED) is 0.0261. The Hall–Kier alpha value is -3.67. The molecule has 478 valence electrons. The van der Waals surface area contributed by atoms with E-state index in [1.54, 1.807) is 0 Å². The van der Waals surface area contributed by atoms with Crippen LogP contribution in [0.15, 0.2) is 97.2 Å². The highest BCUT2D eigenvalue weighted by atomic mass is 16.6. The molecule has 0 saturated heterocycles. The molecular formula is C77H134O6. The number of unbranched alkanes of at least 4 members (excludes halogenated alkanes) is 38. The van der Waals surface area contributed by atoms with Crippen LogP contribution >= 0.6 is 0 Å². The Kier molecular flexibility index (Phi) is 67.7. The molecule has 0 aromatic heterocycles. The third-order valence-corrected chi connectivity index (χ3v) is 15.5. The summed E-state index contributed by atoms with van der Waals surface area (Å²) in [5.74, 6) is -0.911. The molecule has 0 heterocycles. The topological polar surface area (TPSA) is 78.9 Å². The Labute approximate surface area is 515 Å². The van der Waals surface area contributed by atoms with Crippen LogP contribution in [-0.4, -0.2) is 37.2 Å². The van der Waals surface area contributed by atoms with E-state index in [2.05, 4.69) is 118 Å². The highest BCUT2D eigenvalue weighted by Crippen LogP contribution is 2.17. The minimum atomic E-state index is -0.798. The fourth-order valence-corrected chi connectivity index (χ4v) is 10.2. The van der Waals surface area contributed by atoms with Crippen molar-refractivity contribution in [1.82, 2.24) is 0 Å². The molecular weight excluding hydrogens is 1020 g/mol. The zero-order valence-corrected chi connectivity index (χ0v) is 54.9. The number of ether oxygens (including phenoxy) is 3. The van der Waals surface area contributed by atoms with E-state index in [0.29, 0.717) is 19.3 Å². The minimum absolute atomic E-state index is 0.0894. The average molecular weight is 1160 g/mol. The molecule has 0 fully saturated rings. The van der Waals surface area contributed by atoms with E-state index >= 15 is 0 Å². The Balaban J connectivity index is 4.36. The van der Waals surface area contributed by atoms with Gasteiger partial charge in [0.25, 0.3) is 0 Å². The van der Waals surface area contributed by atoms with Gasteiger partial charge in [-0.05, 0) is 122 Å². The van der Waals surface area contributed by atoms with Crippen molar-refractivity contribution < 1.29 is 28.6 Å². The molecule has 6 nitrogen and oxygen atoms in total. The number of hydrogen-bond acceptors (Lipinski definition) is 6. The van der Waals surface area contributed by atoms with Crippen LogP contribution in [0, 0.1) is 0 Å². The lowest BCUT2D eigenvalue weighted by Gasteiger charge is -2.18. The van der Waals surface area contributed by atoms with E-state index in [0.717, 1.165) is 122 Å². The van der Waals surface area contributed by atoms with Crippen LogP contribution < -0.4 is 0 Å². The molecule has 0 aliphatic carbocycles. The molecule has 0 saturated carbocycles. The second-order valence-electron chi connectivity index (χ2n) is 23.8. The van der Waals surface area contributed by atoms with E-state index in [1.807, 2.05) is 0 Å². The van der Waals surface area contributed by atoms with E-state index in [1.165, 1.54) is 193 Å². The monoisotopic (exact) mass is 1160 g/mol. The van der Waals surface area contributed by atoms with Gasteiger partial charge in [0.15, 0.2) is 6.10 Å². The van der Waals surface area contributed by atoms with Crippen molar-refractivity contribution >= 4 is 17.9 Å². The van der Waals surface area contributed by atoms with Gasteiger partial charge in [0.2, 0.25) is 0 Å². The van der Waals surface area contributed by atoms with Crippen LogP contribution in [0.25, 0.3) is 0 Å². The summed E-state index contributed by atoms with van der Waals surface area (Å²) in [4.78, 5) is 38.5. The first kappa shape index (κ1) is 79.3. The first-order valence-corrected chi connectivity index (χ1v) is 35.7. The summed E-state index contributed by atoms with van der Waals surface area (Å²) in [6, 6.07) is 0. The third kappa shape index (κ3) is 69.0. The third-order valence-electron chi connectivity index (χ3n) is 15.5. The van der Waals surface area contributed by atoms with Gasteiger partial charge in [0.05, 0.1) is 0 Å². The first-order valence-electron chi connectivity index (χ1n) is 35.7. The van der Waals surface area contributed by atoms with Gasteiger partial charge in [-0.3, -0.25) is 14.4 Å². The smallest absolute Gasteiger partial charge is 0.306 e. The van der Waals surface area contributed by atoms with E-state index < -0.39 is 6.10 Å². The highest BCUT2D eigenvalue weighted by Gasteiger charge is 2.19. The zero-order valence-electron chi connectivity index (χ0n) is 54.9. The van der Waals surface area contributed by atoms with Crippen molar-refractivity contribution in [2.45, 2.75) is 361 Å². The van der Waals surface area contributed by atoms with Crippen LogP contribution in [0.5, 0.6) is 0 Å². The van der Waals surface area contributed by atoms with E-state index in [9.17, 15) is 14.4 Å². The minimum Gasteiger partial charge on any atom is -0.462 e. The Morgan fingerprint density at radius 3 is 0.747 bits per heavy atom. The highest BCUT2D eigenvalue weighted by molar-refractivity contribution is 5.71. The molecule has 6 heteroatoms. The fraction of sp³-hybridized carbons (Fsp3) is 0.753. The second kappa shape index (κ2) is 70.8. The molecule has 0 rings (SSSR count). The molecule has 0 bridgehead atoms. The molecule has 0 amide bonds.